The lowest BCUT2D eigenvalue weighted by Crippen LogP contribution is -2.43. The highest BCUT2D eigenvalue weighted by Crippen LogP contribution is 2.09. The minimum Gasteiger partial charge on any atom is -0.480 e. The number of benzene rings is 1. The second kappa shape index (κ2) is 8.06. The molecule has 0 heterocycles. The van der Waals surface area contributed by atoms with E-state index in [1.165, 1.54) is 0 Å². The van der Waals surface area contributed by atoms with Gasteiger partial charge in [0.05, 0.1) is 19.4 Å². The molecule has 0 aliphatic rings. The van der Waals surface area contributed by atoms with E-state index in [-0.39, 0.29) is 12.2 Å². The highest BCUT2D eigenvalue weighted by atomic mass is 19.1. The Morgan fingerprint density at radius 1 is 1.23 bits per heavy atom. The Hall–Kier alpha value is -2.51. The first-order valence-corrected chi connectivity index (χ1v) is 6.44. The second-order valence-electron chi connectivity index (χ2n) is 4.42. The van der Waals surface area contributed by atoms with Crippen molar-refractivity contribution in [3.8, 4) is 0 Å². The van der Waals surface area contributed by atoms with Gasteiger partial charge in [-0.05, 0) is 24.6 Å². The molecule has 0 aliphatic carbocycles. The molecule has 2 N–H and O–H groups in total. The van der Waals surface area contributed by atoms with E-state index < -0.39 is 48.4 Å². The van der Waals surface area contributed by atoms with E-state index in [1.54, 1.807) is 6.92 Å². The van der Waals surface area contributed by atoms with Gasteiger partial charge in [-0.2, -0.15) is 0 Å². The molecule has 0 spiro atoms. The molecule has 1 aromatic rings. The van der Waals surface area contributed by atoms with E-state index in [4.69, 9.17) is 5.11 Å². The number of esters is 1. The van der Waals surface area contributed by atoms with Gasteiger partial charge in [0.15, 0.2) is 0 Å². The van der Waals surface area contributed by atoms with Crippen molar-refractivity contribution in [2.75, 3.05) is 6.61 Å². The average molecular weight is 315 g/mol. The van der Waals surface area contributed by atoms with Gasteiger partial charge in [-0.3, -0.25) is 9.59 Å². The van der Waals surface area contributed by atoms with Crippen molar-refractivity contribution in [1.82, 2.24) is 5.32 Å². The fourth-order valence-corrected chi connectivity index (χ4v) is 1.73. The van der Waals surface area contributed by atoms with Gasteiger partial charge < -0.3 is 15.2 Å². The van der Waals surface area contributed by atoms with Crippen LogP contribution in [0.3, 0.4) is 0 Å². The number of carbonyl (C=O) groups is 3. The summed E-state index contributed by atoms with van der Waals surface area (Å²) in [6, 6.07) is 1.11. The minimum atomic E-state index is -1.47. The van der Waals surface area contributed by atoms with Crippen molar-refractivity contribution in [2.45, 2.75) is 25.8 Å². The summed E-state index contributed by atoms with van der Waals surface area (Å²) in [7, 11) is 0. The molecule has 1 aromatic carbocycles. The molecule has 0 aromatic heterocycles. The van der Waals surface area contributed by atoms with Gasteiger partial charge >= 0.3 is 11.9 Å². The Labute approximate surface area is 125 Å². The van der Waals surface area contributed by atoms with E-state index in [0.29, 0.717) is 6.07 Å². The highest BCUT2D eigenvalue weighted by Gasteiger charge is 2.24. The van der Waals surface area contributed by atoms with Gasteiger partial charge in [0, 0.05) is 6.07 Å². The van der Waals surface area contributed by atoms with Crippen LogP contribution in [0, 0.1) is 11.6 Å². The zero-order chi connectivity index (χ0) is 16.7. The van der Waals surface area contributed by atoms with Crippen molar-refractivity contribution in [3.05, 3.63) is 35.4 Å². The minimum absolute atomic E-state index is 0.0512. The number of carbonyl (C=O) groups excluding carboxylic acids is 2. The Bertz CT molecular complexity index is 556. The van der Waals surface area contributed by atoms with Crippen LogP contribution in [0.2, 0.25) is 0 Å². The highest BCUT2D eigenvalue weighted by molar-refractivity contribution is 5.88. The Morgan fingerprint density at radius 3 is 2.32 bits per heavy atom. The van der Waals surface area contributed by atoms with Crippen molar-refractivity contribution >= 4 is 17.8 Å². The van der Waals surface area contributed by atoms with Crippen LogP contribution >= 0.6 is 0 Å². The molecule has 0 bridgehead atoms. The van der Waals surface area contributed by atoms with Crippen molar-refractivity contribution in [1.29, 1.82) is 0 Å². The first-order chi connectivity index (χ1) is 10.3. The number of carboxylic acid groups (broad SMARTS) is 1. The smallest absolute Gasteiger partial charge is 0.326 e. The molecule has 0 fully saturated rings. The molecule has 8 heteroatoms. The number of aliphatic carboxylic acids is 1. The molecule has 1 rings (SSSR count). The number of hydrogen-bond acceptors (Lipinski definition) is 4. The number of hydrogen-bond donors (Lipinski definition) is 2. The third-order valence-electron chi connectivity index (χ3n) is 2.60. The predicted molar refractivity (Wildman–Crippen MR) is 70.9 cm³/mol. The number of rotatable bonds is 7. The fraction of sp³-hybridized carbons (Fsp3) is 0.357. The van der Waals surface area contributed by atoms with Crippen molar-refractivity contribution < 1.29 is 33.0 Å². The van der Waals surface area contributed by atoms with Gasteiger partial charge in [-0.15, -0.1) is 0 Å². The topological polar surface area (TPSA) is 92.7 Å². The quantitative estimate of drug-likeness (QED) is 0.733. The normalized spacial score (nSPS) is 11.6. The number of ether oxygens (including phenoxy) is 1. The molecule has 0 saturated heterocycles. The summed E-state index contributed by atoms with van der Waals surface area (Å²) >= 11 is 0. The van der Waals surface area contributed by atoms with Crippen LogP contribution in [0.15, 0.2) is 18.2 Å². The number of halogens is 2. The summed E-state index contributed by atoms with van der Waals surface area (Å²) in [5, 5.41) is 11.1. The van der Waals surface area contributed by atoms with Crippen LogP contribution in [0.25, 0.3) is 0 Å². The van der Waals surface area contributed by atoms with Gasteiger partial charge in [0.1, 0.15) is 17.7 Å². The van der Waals surface area contributed by atoms with Crippen LogP contribution in [0.5, 0.6) is 0 Å². The molecular formula is C14H15F2NO5. The van der Waals surface area contributed by atoms with Crippen molar-refractivity contribution in [3.63, 3.8) is 0 Å². The van der Waals surface area contributed by atoms with E-state index >= 15 is 0 Å². The van der Waals surface area contributed by atoms with Crippen LogP contribution in [0.4, 0.5) is 8.78 Å². The van der Waals surface area contributed by atoms with Crippen LogP contribution < -0.4 is 5.32 Å². The Kier molecular flexibility index (Phi) is 6.43. The molecule has 0 radical (unpaired) electrons. The molecular weight excluding hydrogens is 300 g/mol. The standard InChI is InChI=1S/C14H15F2NO5/c1-2-22-13(19)7-11(14(20)21)17-12(18)5-8-3-9(15)6-10(16)4-8/h3-4,6,11H,2,5,7H2,1H3,(H,17,18)(H,20,21)/t11-/m1/s1. The average Bonchev–Trinajstić information content (AvgIpc) is 2.36. The molecule has 1 atom stereocenters. The zero-order valence-corrected chi connectivity index (χ0v) is 11.8. The molecule has 1 amide bonds. The third-order valence-corrected chi connectivity index (χ3v) is 2.60. The molecule has 6 nitrogen and oxygen atoms in total. The number of nitrogens with one attached hydrogen (secondary N) is 1. The maximum absolute atomic E-state index is 13.0. The summed E-state index contributed by atoms with van der Waals surface area (Å²) in [4.78, 5) is 34.0. The van der Waals surface area contributed by atoms with Gasteiger partial charge in [-0.1, -0.05) is 0 Å². The Balaban J connectivity index is 2.67. The van der Waals surface area contributed by atoms with Gasteiger partial charge in [0.25, 0.3) is 0 Å². The SMILES string of the molecule is CCOC(=O)C[C@@H](NC(=O)Cc1cc(F)cc(F)c1)C(=O)O. The lowest BCUT2D eigenvalue weighted by atomic mass is 10.1. The van der Waals surface area contributed by atoms with Crippen LogP contribution in [-0.4, -0.2) is 35.6 Å². The lowest BCUT2D eigenvalue weighted by Gasteiger charge is -2.13. The maximum Gasteiger partial charge on any atom is 0.326 e. The van der Waals surface area contributed by atoms with Crippen molar-refractivity contribution in [2.24, 2.45) is 0 Å². The predicted octanol–water partition coefficient (Wildman–Crippen LogP) is 1.03. The van der Waals surface area contributed by atoms with E-state index in [0.717, 1.165) is 12.1 Å². The monoisotopic (exact) mass is 315 g/mol. The van der Waals surface area contributed by atoms with Gasteiger partial charge in [-0.25, -0.2) is 13.6 Å². The van der Waals surface area contributed by atoms with E-state index in [9.17, 15) is 23.2 Å². The fourth-order valence-electron chi connectivity index (χ4n) is 1.73. The largest absolute Gasteiger partial charge is 0.480 e. The number of carboxylic acids is 1. The summed E-state index contributed by atoms with van der Waals surface area (Å²) in [6.07, 6.45) is -0.951. The molecule has 0 unspecified atom stereocenters. The molecule has 120 valence electrons. The van der Waals surface area contributed by atoms with Crippen LogP contribution in [-0.2, 0) is 25.5 Å². The Morgan fingerprint density at radius 2 is 1.82 bits per heavy atom. The van der Waals surface area contributed by atoms with E-state index in [2.05, 4.69) is 10.1 Å². The second-order valence-corrected chi connectivity index (χ2v) is 4.42. The van der Waals surface area contributed by atoms with Gasteiger partial charge in [0.2, 0.25) is 5.91 Å². The maximum atomic E-state index is 13.0. The van der Waals surface area contributed by atoms with E-state index in [1.807, 2.05) is 0 Å². The summed E-state index contributed by atoms with van der Waals surface area (Å²) in [5.74, 6) is -4.64. The first-order valence-electron chi connectivity index (χ1n) is 6.44. The number of amides is 1. The summed E-state index contributed by atoms with van der Waals surface area (Å²) in [6.45, 7) is 1.65. The van der Waals surface area contributed by atoms with Crippen LogP contribution in [0.1, 0.15) is 18.9 Å². The summed E-state index contributed by atoms with van der Waals surface area (Å²) < 4.78 is 30.6. The lowest BCUT2D eigenvalue weighted by molar-refractivity contribution is -0.150. The zero-order valence-electron chi connectivity index (χ0n) is 11.8. The molecule has 22 heavy (non-hydrogen) atoms. The molecule has 0 saturated carbocycles. The first kappa shape index (κ1) is 17.5. The molecule has 0 aliphatic heterocycles. The summed E-state index contributed by atoms with van der Waals surface area (Å²) in [5.41, 5.74) is 0.0512. The third kappa shape index (κ3) is 5.86.